The lowest BCUT2D eigenvalue weighted by Crippen LogP contribution is -2.04. The fraction of sp³-hybridized carbons (Fsp3) is 0. The Morgan fingerprint density at radius 2 is 2.00 bits per heavy atom. The summed E-state index contributed by atoms with van der Waals surface area (Å²) in [6, 6.07) is 5.23. The van der Waals surface area contributed by atoms with Crippen molar-refractivity contribution in [3.05, 3.63) is 50.3 Å². The third-order valence-corrected chi connectivity index (χ3v) is 3.54. The van der Waals surface area contributed by atoms with Gasteiger partial charge in [-0.25, -0.2) is 14.2 Å². The molecule has 0 saturated heterocycles. The Kier molecular flexibility index (Phi) is 4.47. The first-order chi connectivity index (χ1) is 9.38. The molecule has 2 N–H and O–H groups in total. The standard InChI is InChI=1S/C12H6BrCl2FN2O2/c13-6-3-5(16)4-8(15)10(6)17-9-2-1-7(14)11(18-9)12(19)20/h1-4H,(H,17,18)(H,19,20). The van der Waals surface area contributed by atoms with Gasteiger partial charge < -0.3 is 10.4 Å². The van der Waals surface area contributed by atoms with Gasteiger partial charge in [0.05, 0.1) is 15.7 Å². The Bertz CT molecular complexity index is 674. The summed E-state index contributed by atoms with van der Waals surface area (Å²) in [7, 11) is 0. The fourth-order valence-electron chi connectivity index (χ4n) is 1.45. The molecule has 1 aromatic heterocycles. The lowest BCUT2D eigenvalue weighted by atomic mass is 10.3. The van der Waals surface area contributed by atoms with Gasteiger partial charge in [-0.15, -0.1) is 0 Å². The zero-order valence-electron chi connectivity index (χ0n) is 9.62. The average molecular weight is 380 g/mol. The molecule has 0 aliphatic rings. The summed E-state index contributed by atoms with van der Waals surface area (Å²) >= 11 is 14.8. The van der Waals surface area contributed by atoms with Crippen LogP contribution in [0.25, 0.3) is 0 Å². The summed E-state index contributed by atoms with van der Waals surface area (Å²) in [4.78, 5) is 14.8. The maximum absolute atomic E-state index is 13.1. The molecule has 0 aliphatic carbocycles. The largest absolute Gasteiger partial charge is 0.476 e. The number of nitrogens with one attached hydrogen (secondary N) is 1. The first kappa shape index (κ1) is 15.0. The van der Waals surface area contributed by atoms with Crippen molar-refractivity contribution in [3.63, 3.8) is 0 Å². The smallest absolute Gasteiger partial charge is 0.356 e. The minimum Gasteiger partial charge on any atom is -0.476 e. The third kappa shape index (κ3) is 3.20. The van der Waals surface area contributed by atoms with Crippen LogP contribution in [0.1, 0.15) is 10.5 Å². The van der Waals surface area contributed by atoms with Crippen molar-refractivity contribution in [1.82, 2.24) is 4.98 Å². The Balaban J connectivity index is 2.41. The summed E-state index contributed by atoms with van der Waals surface area (Å²) in [5.41, 5.74) is 0.0882. The molecular formula is C12H6BrCl2FN2O2. The molecule has 0 spiro atoms. The van der Waals surface area contributed by atoms with Gasteiger partial charge in [0.1, 0.15) is 11.6 Å². The number of hydrogen-bond donors (Lipinski definition) is 2. The molecule has 0 saturated carbocycles. The molecule has 2 aromatic rings. The molecule has 4 nitrogen and oxygen atoms in total. The first-order valence-electron chi connectivity index (χ1n) is 5.20. The van der Waals surface area contributed by atoms with Gasteiger partial charge in [-0.3, -0.25) is 0 Å². The monoisotopic (exact) mass is 378 g/mol. The molecule has 20 heavy (non-hydrogen) atoms. The number of hydrogen-bond acceptors (Lipinski definition) is 3. The summed E-state index contributed by atoms with van der Waals surface area (Å²) in [6.07, 6.45) is 0. The molecular weight excluding hydrogens is 374 g/mol. The van der Waals surface area contributed by atoms with E-state index in [1.165, 1.54) is 18.2 Å². The highest BCUT2D eigenvalue weighted by Gasteiger charge is 2.13. The van der Waals surface area contributed by atoms with Crippen molar-refractivity contribution >= 4 is 56.6 Å². The molecule has 0 aliphatic heterocycles. The van der Waals surface area contributed by atoms with Crippen LogP contribution in [0.5, 0.6) is 0 Å². The van der Waals surface area contributed by atoms with E-state index in [1.807, 2.05) is 0 Å². The number of carboxylic acid groups (broad SMARTS) is 1. The van der Waals surface area contributed by atoms with Crippen LogP contribution in [0.4, 0.5) is 15.9 Å². The number of halogens is 4. The molecule has 0 atom stereocenters. The van der Waals surface area contributed by atoms with Crippen LogP contribution in [0.2, 0.25) is 10.0 Å². The molecule has 0 unspecified atom stereocenters. The van der Waals surface area contributed by atoms with Crippen LogP contribution in [0, 0.1) is 5.82 Å². The van der Waals surface area contributed by atoms with Gasteiger partial charge in [-0.2, -0.15) is 0 Å². The highest BCUT2D eigenvalue weighted by atomic mass is 79.9. The zero-order valence-corrected chi connectivity index (χ0v) is 12.7. The quantitative estimate of drug-likeness (QED) is 0.809. The summed E-state index contributed by atoms with van der Waals surface area (Å²) in [5, 5.41) is 11.9. The molecule has 104 valence electrons. The number of aromatic nitrogens is 1. The minimum atomic E-state index is -1.25. The lowest BCUT2D eigenvalue weighted by Gasteiger charge is -2.11. The number of rotatable bonds is 3. The molecule has 0 fully saturated rings. The van der Waals surface area contributed by atoms with Gasteiger partial charge in [-0.05, 0) is 40.2 Å². The van der Waals surface area contributed by atoms with Crippen molar-refractivity contribution in [3.8, 4) is 0 Å². The Morgan fingerprint density at radius 1 is 1.30 bits per heavy atom. The van der Waals surface area contributed by atoms with E-state index in [-0.39, 0.29) is 21.6 Å². The van der Waals surface area contributed by atoms with Crippen LogP contribution in [0.15, 0.2) is 28.7 Å². The van der Waals surface area contributed by atoms with E-state index >= 15 is 0 Å². The lowest BCUT2D eigenvalue weighted by molar-refractivity contribution is 0.0691. The molecule has 1 heterocycles. The summed E-state index contributed by atoms with van der Waals surface area (Å²) in [6.45, 7) is 0. The van der Waals surface area contributed by atoms with E-state index in [1.54, 1.807) is 0 Å². The van der Waals surface area contributed by atoms with E-state index in [0.29, 0.717) is 10.2 Å². The average Bonchev–Trinajstić information content (AvgIpc) is 2.35. The van der Waals surface area contributed by atoms with Crippen LogP contribution < -0.4 is 5.32 Å². The van der Waals surface area contributed by atoms with E-state index in [0.717, 1.165) is 6.07 Å². The summed E-state index contributed by atoms with van der Waals surface area (Å²) in [5.74, 6) is -1.52. The predicted molar refractivity (Wildman–Crippen MR) is 78.6 cm³/mol. The number of aromatic carboxylic acids is 1. The maximum Gasteiger partial charge on any atom is 0.356 e. The second-order valence-corrected chi connectivity index (χ2v) is 5.37. The van der Waals surface area contributed by atoms with E-state index < -0.39 is 11.8 Å². The number of benzene rings is 1. The van der Waals surface area contributed by atoms with Crippen LogP contribution in [0.3, 0.4) is 0 Å². The molecule has 1 aromatic carbocycles. The Morgan fingerprint density at radius 3 is 2.60 bits per heavy atom. The van der Waals surface area contributed by atoms with Crippen molar-refractivity contribution in [2.24, 2.45) is 0 Å². The van der Waals surface area contributed by atoms with E-state index in [9.17, 15) is 9.18 Å². The first-order valence-corrected chi connectivity index (χ1v) is 6.75. The second-order valence-electron chi connectivity index (χ2n) is 3.70. The maximum atomic E-state index is 13.1. The van der Waals surface area contributed by atoms with Gasteiger partial charge in [-0.1, -0.05) is 23.2 Å². The van der Waals surface area contributed by atoms with Crippen molar-refractivity contribution in [2.45, 2.75) is 0 Å². The van der Waals surface area contributed by atoms with Crippen LogP contribution >= 0.6 is 39.1 Å². The number of nitrogens with zero attached hydrogens (tertiary/aromatic N) is 1. The number of pyridine rings is 1. The van der Waals surface area contributed by atoms with Crippen LogP contribution in [-0.4, -0.2) is 16.1 Å². The summed E-state index contributed by atoms with van der Waals surface area (Å²) < 4.78 is 13.5. The third-order valence-electron chi connectivity index (χ3n) is 2.31. The zero-order chi connectivity index (χ0) is 14.9. The van der Waals surface area contributed by atoms with Gasteiger partial charge >= 0.3 is 5.97 Å². The van der Waals surface area contributed by atoms with Crippen molar-refractivity contribution in [1.29, 1.82) is 0 Å². The molecule has 0 radical (unpaired) electrons. The van der Waals surface area contributed by atoms with Gasteiger partial charge in [0.2, 0.25) is 0 Å². The Labute approximate surface area is 131 Å². The molecule has 2 rings (SSSR count). The highest BCUT2D eigenvalue weighted by Crippen LogP contribution is 2.34. The van der Waals surface area contributed by atoms with Gasteiger partial charge in [0.25, 0.3) is 0 Å². The van der Waals surface area contributed by atoms with Crippen LogP contribution in [-0.2, 0) is 0 Å². The van der Waals surface area contributed by atoms with Crippen molar-refractivity contribution < 1.29 is 14.3 Å². The normalized spacial score (nSPS) is 10.4. The predicted octanol–water partition coefficient (Wildman–Crippen LogP) is 4.73. The molecule has 0 amide bonds. The van der Waals surface area contributed by atoms with E-state index in [2.05, 4.69) is 26.2 Å². The van der Waals surface area contributed by atoms with Gasteiger partial charge in [0, 0.05) is 4.47 Å². The highest BCUT2D eigenvalue weighted by molar-refractivity contribution is 9.10. The fourth-order valence-corrected chi connectivity index (χ4v) is 2.54. The number of carboxylic acids is 1. The topological polar surface area (TPSA) is 62.2 Å². The minimum absolute atomic E-state index is 0.0207. The second kappa shape index (κ2) is 5.95. The number of anilines is 2. The van der Waals surface area contributed by atoms with E-state index in [4.69, 9.17) is 28.3 Å². The number of carbonyl (C=O) groups is 1. The Hall–Kier alpha value is -1.37. The molecule has 8 heteroatoms. The van der Waals surface area contributed by atoms with Crippen molar-refractivity contribution in [2.75, 3.05) is 5.32 Å². The SMILES string of the molecule is O=C(O)c1nc(Nc2c(Cl)cc(F)cc2Br)ccc1Cl. The molecule has 0 bridgehead atoms. The van der Waals surface area contributed by atoms with Gasteiger partial charge in [0.15, 0.2) is 5.69 Å².